The van der Waals surface area contributed by atoms with Gasteiger partial charge in [-0.1, -0.05) is 15.9 Å². The highest BCUT2D eigenvalue weighted by Crippen LogP contribution is 2.31. The topological polar surface area (TPSA) is 13.6 Å². The summed E-state index contributed by atoms with van der Waals surface area (Å²) in [6.07, 6.45) is 0. The average molecular weight is 248 g/mol. The van der Waals surface area contributed by atoms with Gasteiger partial charge in [0.25, 0.3) is 0 Å². The molecule has 0 fully saturated rings. The molecule has 0 amide bonds. The summed E-state index contributed by atoms with van der Waals surface area (Å²) in [7, 11) is 0. The summed E-state index contributed by atoms with van der Waals surface area (Å²) in [4.78, 5) is 3.05. The minimum absolute atomic E-state index is 0.0645. The lowest BCUT2D eigenvalue weighted by Crippen LogP contribution is -2.01. The van der Waals surface area contributed by atoms with E-state index in [0.717, 1.165) is 0 Å². The molecule has 1 aromatic rings. The van der Waals surface area contributed by atoms with Crippen LogP contribution in [0.15, 0.2) is 22.7 Å². The maximum atomic E-state index is 11.8. The van der Waals surface area contributed by atoms with Gasteiger partial charge < -0.3 is 4.74 Å². The van der Waals surface area contributed by atoms with Crippen LogP contribution in [0.1, 0.15) is 0 Å². The standard InChI is InChI=1S/C8H4BrF2NO/c1-12-6-4-5(9)2-3-7(6)13-8(10)11/h2-4,8H. The molecule has 0 spiro atoms. The zero-order valence-electron chi connectivity index (χ0n) is 6.30. The minimum Gasteiger partial charge on any atom is -0.447 e. The largest absolute Gasteiger partial charge is 0.447 e. The van der Waals surface area contributed by atoms with Crippen LogP contribution in [0.4, 0.5) is 14.5 Å². The van der Waals surface area contributed by atoms with Crippen molar-refractivity contribution in [2.24, 2.45) is 0 Å². The Bertz CT molecular complexity index is 348. The fourth-order valence-corrected chi connectivity index (χ4v) is 1.12. The zero-order chi connectivity index (χ0) is 9.84. The number of rotatable bonds is 2. The molecule has 0 unspecified atom stereocenters. The first-order valence-electron chi connectivity index (χ1n) is 3.25. The second-order valence-electron chi connectivity index (χ2n) is 2.10. The van der Waals surface area contributed by atoms with Crippen LogP contribution < -0.4 is 4.74 Å². The number of benzene rings is 1. The molecule has 0 N–H and O–H groups in total. The molecular weight excluding hydrogens is 244 g/mol. The van der Waals surface area contributed by atoms with E-state index >= 15 is 0 Å². The smallest absolute Gasteiger partial charge is 0.386 e. The van der Waals surface area contributed by atoms with Gasteiger partial charge in [-0.2, -0.15) is 8.78 Å². The van der Waals surface area contributed by atoms with Crippen molar-refractivity contribution in [3.8, 4) is 5.75 Å². The third-order valence-corrected chi connectivity index (χ3v) is 1.75. The lowest BCUT2D eigenvalue weighted by atomic mass is 10.3. The molecule has 0 bridgehead atoms. The van der Waals surface area contributed by atoms with Crippen LogP contribution in [-0.4, -0.2) is 6.61 Å². The molecule has 2 nitrogen and oxygen atoms in total. The van der Waals surface area contributed by atoms with Crippen molar-refractivity contribution >= 4 is 21.6 Å². The van der Waals surface area contributed by atoms with E-state index in [4.69, 9.17) is 6.57 Å². The van der Waals surface area contributed by atoms with Gasteiger partial charge in [0, 0.05) is 4.47 Å². The van der Waals surface area contributed by atoms with Gasteiger partial charge in [0.2, 0.25) is 5.69 Å². The van der Waals surface area contributed by atoms with E-state index in [1.165, 1.54) is 18.2 Å². The molecule has 0 aliphatic rings. The van der Waals surface area contributed by atoms with E-state index in [9.17, 15) is 8.78 Å². The summed E-state index contributed by atoms with van der Waals surface area (Å²) in [6.45, 7) is 3.80. The monoisotopic (exact) mass is 247 g/mol. The van der Waals surface area contributed by atoms with E-state index < -0.39 is 6.61 Å². The first-order valence-corrected chi connectivity index (χ1v) is 4.04. The summed E-state index contributed by atoms with van der Waals surface area (Å²) >= 11 is 3.12. The molecule has 0 aliphatic heterocycles. The molecule has 0 aromatic heterocycles. The fourth-order valence-electron chi connectivity index (χ4n) is 0.774. The molecule has 68 valence electrons. The Hall–Kier alpha value is -1.15. The van der Waals surface area contributed by atoms with Crippen LogP contribution in [0.25, 0.3) is 4.85 Å². The number of hydrogen-bond donors (Lipinski definition) is 0. The number of hydrogen-bond acceptors (Lipinski definition) is 1. The third kappa shape index (κ3) is 2.67. The zero-order valence-corrected chi connectivity index (χ0v) is 7.88. The van der Waals surface area contributed by atoms with E-state index in [2.05, 4.69) is 25.5 Å². The molecule has 0 radical (unpaired) electrons. The average Bonchev–Trinajstić information content (AvgIpc) is 2.07. The van der Waals surface area contributed by atoms with Gasteiger partial charge in [0.1, 0.15) is 5.75 Å². The van der Waals surface area contributed by atoms with E-state index in [1.54, 1.807) is 0 Å². The second kappa shape index (κ2) is 4.19. The van der Waals surface area contributed by atoms with Crippen molar-refractivity contribution in [1.82, 2.24) is 0 Å². The second-order valence-corrected chi connectivity index (χ2v) is 3.02. The van der Waals surface area contributed by atoms with Gasteiger partial charge in [0.05, 0.1) is 6.57 Å². The van der Waals surface area contributed by atoms with Crippen LogP contribution >= 0.6 is 15.9 Å². The fraction of sp³-hybridized carbons (Fsp3) is 0.125. The Kier molecular flexibility index (Phi) is 3.20. The summed E-state index contributed by atoms with van der Waals surface area (Å²) in [5.74, 6) is -0.104. The SMILES string of the molecule is [C-]#[N+]c1cc(Br)ccc1OC(F)F. The Morgan fingerprint density at radius 3 is 2.69 bits per heavy atom. The quantitative estimate of drug-likeness (QED) is 0.729. The van der Waals surface area contributed by atoms with Gasteiger partial charge in [-0.05, 0) is 18.2 Å². The molecule has 13 heavy (non-hydrogen) atoms. The van der Waals surface area contributed by atoms with Crippen molar-refractivity contribution in [3.63, 3.8) is 0 Å². The van der Waals surface area contributed by atoms with Crippen LogP contribution in [0.3, 0.4) is 0 Å². The highest BCUT2D eigenvalue weighted by Gasteiger charge is 2.09. The van der Waals surface area contributed by atoms with Gasteiger partial charge in [-0.25, -0.2) is 4.85 Å². The molecule has 1 rings (SSSR count). The van der Waals surface area contributed by atoms with Crippen molar-refractivity contribution in [2.75, 3.05) is 0 Å². The van der Waals surface area contributed by atoms with Crippen LogP contribution in [-0.2, 0) is 0 Å². The number of halogens is 3. The third-order valence-electron chi connectivity index (χ3n) is 1.26. The predicted molar refractivity (Wildman–Crippen MR) is 47.0 cm³/mol. The van der Waals surface area contributed by atoms with E-state index in [1.807, 2.05) is 0 Å². The maximum Gasteiger partial charge on any atom is 0.386 e. The summed E-state index contributed by atoms with van der Waals surface area (Å²) in [6, 6.07) is 4.28. The van der Waals surface area contributed by atoms with Crippen molar-refractivity contribution in [1.29, 1.82) is 0 Å². The first-order chi connectivity index (χ1) is 6.13. The lowest BCUT2D eigenvalue weighted by molar-refractivity contribution is -0.0492. The van der Waals surface area contributed by atoms with Crippen LogP contribution in [0.5, 0.6) is 5.75 Å². The van der Waals surface area contributed by atoms with Gasteiger partial charge in [0.15, 0.2) is 0 Å². The predicted octanol–water partition coefficient (Wildman–Crippen LogP) is 3.60. The summed E-state index contributed by atoms with van der Waals surface area (Å²) in [5.41, 5.74) is 0.0645. The Balaban J connectivity index is 3.01. The molecule has 0 saturated carbocycles. The van der Waals surface area contributed by atoms with Crippen LogP contribution in [0, 0.1) is 6.57 Å². The number of alkyl halides is 2. The van der Waals surface area contributed by atoms with Crippen molar-refractivity contribution in [2.45, 2.75) is 6.61 Å². The number of ether oxygens (including phenoxy) is 1. The molecule has 1 aromatic carbocycles. The minimum atomic E-state index is -2.90. The highest BCUT2D eigenvalue weighted by atomic mass is 79.9. The van der Waals surface area contributed by atoms with Gasteiger partial charge in [-0.3, -0.25) is 0 Å². The highest BCUT2D eigenvalue weighted by molar-refractivity contribution is 9.10. The van der Waals surface area contributed by atoms with E-state index in [-0.39, 0.29) is 11.4 Å². The van der Waals surface area contributed by atoms with Gasteiger partial charge >= 0.3 is 6.61 Å². The molecule has 0 saturated heterocycles. The number of nitrogens with zero attached hydrogens (tertiary/aromatic N) is 1. The molecule has 0 heterocycles. The summed E-state index contributed by atoms with van der Waals surface area (Å²) < 4.78 is 28.4. The van der Waals surface area contributed by atoms with Crippen molar-refractivity contribution < 1.29 is 13.5 Å². The Morgan fingerprint density at radius 2 is 2.15 bits per heavy atom. The lowest BCUT2D eigenvalue weighted by Gasteiger charge is -2.05. The van der Waals surface area contributed by atoms with Crippen molar-refractivity contribution in [3.05, 3.63) is 34.1 Å². The Labute approximate surface area is 82.1 Å². The van der Waals surface area contributed by atoms with Crippen LogP contribution in [0.2, 0.25) is 0 Å². The van der Waals surface area contributed by atoms with Gasteiger partial charge in [-0.15, -0.1) is 0 Å². The molecular formula is C8H4BrF2NO. The molecule has 5 heteroatoms. The maximum absolute atomic E-state index is 11.8. The molecule has 0 atom stereocenters. The molecule has 0 aliphatic carbocycles. The normalized spacial score (nSPS) is 9.77. The first kappa shape index (κ1) is 9.93. The summed E-state index contributed by atoms with van der Waals surface area (Å²) in [5, 5.41) is 0. The Morgan fingerprint density at radius 1 is 1.46 bits per heavy atom. The van der Waals surface area contributed by atoms with E-state index in [0.29, 0.717) is 4.47 Å².